The Morgan fingerprint density at radius 2 is 1.45 bits per heavy atom. The van der Waals surface area contributed by atoms with Crippen molar-refractivity contribution in [1.29, 1.82) is 0 Å². The van der Waals surface area contributed by atoms with Gasteiger partial charge in [-0.3, -0.25) is 9.59 Å². The first-order valence-electron chi connectivity index (χ1n) is 11.0. The molecule has 2 amide bonds. The second-order valence-corrected chi connectivity index (χ2v) is 8.64. The van der Waals surface area contributed by atoms with Gasteiger partial charge in [-0.15, -0.1) is 0 Å². The second kappa shape index (κ2) is 10.6. The summed E-state index contributed by atoms with van der Waals surface area (Å²) in [6, 6.07) is 8.28. The van der Waals surface area contributed by atoms with E-state index < -0.39 is 0 Å². The minimum atomic E-state index is 0.0651. The molecule has 2 heterocycles. The zero-order valence-electron chi connectivity index (χ0n) is 18.0. The van der Waals surface area contributed by atoms with E-state index in [0.29, 0.717) is 13.1 Å². The third kappa shape index (κ3) is 6.72. The van der Waals surface area contributed by atoms with Gasteiger partial charge >= 0.3 is 0 Å². The van der Waals surface area contributed by atoms with Crippen molar-refractivity contribution in [3.05, 3.63) is 24.3 Å². The summed E-state index contributed by atoms with van der Waals surface area (Å²) in [4.78, 5) is 31.0. The summed E-state index contributed by atoms with van der Waals surface area (Å²) >= 11 is 0. The first-order chi connectivity index (χ1) is 14.0. The Hall–Kier alpha value is -2.12. The number of amides is 2. The van der Waals surface area contributed by atoms with Crippen LogP contribution in [0.3, 0.4) is 0 Å². The summed E-state index contributed by atoms with van der Waals surface area (Å²) in [5.74, 6) is 0.236. The Kier molecular flexibility index (Phi) is 7.89. The summed E-state index contributed by atoms with van der Waals surface area (Å²) in [6.45, 7) is 7.03. The van der Waals surface area contributed by atoms with Gasteiger partial charge in [-0.1, -0.05) is 12.8 Å². The molecule has 0 aromatic heterocycles. The van der Waals surface area contributed by atoms with Crippen molar-refractivity contribution in [2.75, 3.05) is 76.7 Å². The number of piperazine rings is 1. The Balaban J connectivity index is 1.41. The molecule has 2 fully saturated rings. The number of nitrogens with one attached hydrogen (secondary N) is 3. The third-order valence-electron chi connectivity index (χ3n) is 6.10. The molecule has 0 saturated carbocycles. The largest absolute Gasteiger partial charge is 0.372 e. The number of hydrogen-bond donors (Lipinski definition) is 3. The number of carbonyl (C=O) groups excluding carboxylic acids is 2. The first-order valence-corrected chi connectivity index (χ1v) is 11.0. The van der Waals surface area contributed by atoms with Crippen LogP contribution in [-0.4, -0.2) is 83.2 Å². The van der Waals surface area contributed by atoms with E-state index in [1.807, 2.05) is 12.1 Å². The Morgan fingerprint density at radius 1 is 0.897 bits per heavy atom. The molecule has 3 rings (SSSR count). The van der Waals surface area contributed by atoms with Crippen LogP contribution in [0.15, 0.2) is 24.3 Å². The normalized spacial score (nSPS) is 22.6. The van der Waals surface area contributed by atoms with E-state index in [4.69, 9.17) is 0 Å². The lowest BCUT2D eigenvalue weighted by Gasteiger charge is -2.29. The van der Waals surface area contributed by atoms with Crippen molar-refractivity contribution in [1.82, 2.24) is 4.90 Å². The number of benzene rings is 1. The van der Waals surface area contributed by atoms with E-state index >= 15 is 0 Å². The van der Waals surface area contributed by atoms with Gasteiger partial charge in [0.2, 0.25) is 0 Å². The minimum absolute atomic E-state index is 0.0651. The summed E-state index contributed by atoms with van der Waals surface area (Å²) in [5, 5.41) is 3.04. The maximum absolute atomic E-state index is 12.5. The second-order valence-electron chi connectivity index (χ2n) is 8.64. The number of likely N-dealkylation sites (N-methyl/N-ethyl adjacent to an activating group) is 1. The average Bonchev–Trinajstić information content (AvgIpc) is 2.99. The molecule has 1 aromatic rings. The molecule has 1 aromatic carbocycles. The predicted molar refractivity (Wildman–Crippen MR) is 116 cm³/mol. The van der Waals surface area contributed by atoms with E-state index in [2.05, 4.69) is 22.3 Å². The molecular weight excluding hydrogens is 366 g/mol. The summed E-state index contributed by atoms with van der Waals surface area (Å²) in [6.07, 6.45) is 5.18. The molecule has 2 aliphatic heterocycles. The molecule has 29 heavy (non-hydrogen) atoms. The molecule has 3 N–H and O–H groups in total. The Morgan fingerprint density at radius 3 is 2.00 bits per heavy atom. The van der Waals surface area contributed by atoms with E-state index in [1.54, 1.807) is 19.0 Å². The van der Waals surface area contributed by atoms with Gasteiger partial charge in [0.15, 0.2) is 13.1 Å². The van der Waals surface area contributed by atoms with Gasteiger partial charge in [-0.05, 0) is 37.1 Å². The van der Waals surface area contributed by atoms with Crippen molar-refractivity contribution < 1.29 is 19.4 Å². The maximum Gasteiger partial charge on any atom is 0.279 e. The fourth-order valence-corrected chi connectivity index (χ4v) is 4.20. The molecule has 2 saturated heterocycles. The fraction of sp³-hybridized carbons (Fsp3) is 0.636. The average molecular weight is 404 g/mol. The molecule has 0 spiro atoms. The monoisotopic (exact) mass is 403 g/mol. The molecule has 0 atom stereocenters. The highest BCUT2D eigenvalue weighted by atomic mass is 16.2. The molecule has 7 nitrogen and oxygen atoms in total. The van der Waals surface area contributed by atoms with Gasteiger partial charge < -0.3 is 24.9 Å². The topological polar surface area (TPSA) is 61.5 Å². The molecule has 2 aliphatic rings. The van der Waals surface area contributed by atoms with Crippen molar-refractivity contribution in [3.63, 3.8) is 0 Å². The van der Waals surface area contributed by atoms with Crippen LogP contribution in [0.2, 0.25) is 0 Å². The minimum Gasteiger partial charge on any atom is -0.372 e. The van der Waals surface area contributed by atoms with Gasteiger partial charge in [0.25, 0.3) is 11.8 Å². The van der Waals surface area contributed by atoms with Crippen LogP contribution >= 0.6 is 0 Å². The lowest BCUT2D eigenvalue weighted by atomic mass is 10.2. The van der Waals surface area contributed by atoms with Gasteiger partial charge in [-0.25, -0.2) is 0 Å². The lowest BCUT2D eigenvalue weighted by Crippen LogP contribution is -3.28. The van der Waals surface area contributed by atoms with Crippen LogP contribution in [0.4, 0.5) is 11.4 Å². The number of nitrogens with zero attached hydrogens (tertiary/aromatic N) is 2. The van der Waals surface area contributed by atoms with Gasteiger partial charge in [-0.2, -0.15) is 0 Å². The van der Waals surface area contributed by atoms with Crippen LogP contribution in [0, 0.1) is 0 Å². The van der Waals surface area contributed by atoms with Crippen molar-refractivity contribution in [2.45, 2.75) is 25.7 Å². The first kappa shape index (κ1) is 21.6. The number of rotatable bonds is 6. The third-order valence-corrected chi connectivity index (χ3v) is 6.10. The van der Waals surface area contributed by atoms with E-state index in [-0.39, 0.29) is 11.8 Å². The summed E-state index contributed by atoms with van der Waals surface area (Å²) < 4.78 is 0. The molecule has 0 radical (unpaired) electrons. The van der Waals surface area contributed by atoms with Crippen LogP contribution in [0.5, 0.6) is 0 Å². The standard InChI is InChI=1S/C22H35N5O2/c1-24(2)22(29)18-26-15-13-25(14-16-26)17-21(28)23-19-7-9-20(10-8-19)27-11-5-3-4-6-12-27/h7-10H,3-6,11-18H2,1-2H3,(H,23,28)/p+2. The van der Waals surface area contributed by atoms with E-state index in [0.717, 1.165) is 45.0 Å². The van der Waals surface area contributed by atoms with Gasteiger partial charge in [0, 0.05) is 38.6 Å². The van der Waals surface area contributed by atoms with Crippen LogP contribution in [0.1, 0.15) is 25.7 Å². The van der Waals surface area contributed by atoms with Crippen LogP contribution in [0.25, 0.3) is 0 Å². The van der Waals surface area contributed by atoms with Crippen LogP contribution < -0.4 is 20.0 Å². The van der Waals surface area contributed by atoms with Crippen molar-refractivity contribution >= 4 is 23.2 Å². The Labute approximate surface area is 174 Å². The molecule has 160 valence electrons. The quantitative estimate of drug-likeness (QED) is 0.564. The summed E-state index contributed by atoms with van der Waals surface area (Å²) in [5.41, 5.74) is 2.12. The van der Waals surface area contributed by atoms with Crippen molar-refractivity contribution in [2.24, 2.45) is 0 Å². The predicted octanol–water partition coefficient (Wildman–Crippen LogP) is -1.12. The van der Waals surface area contributed by atoms with Crippen LogP contribution in [-0.2, 0) is 9.59 Å². The fourth-order valence-electron chi connectivity index (χ4n) is 4.20. The molecule has 7 heteroatoms. The highest BCUT2D eigenvalue weighted by Crippen LogP contribution is 2.21. The lowest BCUT2D eigenvalue weighted by molar-refractivity contribution is -1.00. The van der Waals surface area contributed by atoms with Gasteiger partial charge in [0.1, 0.15) is 26.2 Å². The highest BCUT2D eigenvalue weighted by molar-refractivity contribution is 5.91. The molecule has 0 bridgehead atoms. The molecule has 0 aliphatic carbocycles. The van der Waals surface area contributed by atoms with Gasteiger partial charge in [0.05, 0.1) is 0 Å². The number of quaternary nitrogens is 2. The Bertz CT molecular complexity index is 660. The maximum atomic E-state index is 12.5. The smallest absolute Gasteiger partial charge is 0.279 e. The number of carbonyl (C=O) groups is 2. The number of hydrogen-bond acceptors (Lipinski definition) is 3. The van der Waals surface area contributed by atoms with E-state index in [1.165, 1.54) is 41.2 Å². The highest BCUT2D eigenvalue weighted by Gasteiger charge is 2.26. The zero-order chi connectivity index (χ0) is 20.6. The van der Waals surface area contributed by atoms with Crippen molar-refractivity contribution in [3.8, 4) is 0 Å². The zero-order valence-corrected chi connectivity index (χ0v) is 18.0. The molecule has 0 unspecified atom stereocenters. The number of anilines is 2. The van der Waals surface area contributed by atoms with E-state index in [9.17, 15) is 9.59 Å². The SMILES string of the molecule is CN(C)C(=O)C[NH+]1CC[NH+](CC(=O)Nc2ccc(N3CCCCCC3)cc2)CC1. The molecular formula is C22H37N5O2+2. The summed E-state index contributed by atoms with van der Waals surface area (Å²) in [7, 11) is 3.60.